The Morgan fingerprint density at radius 2 is 2.12 bits per heavy atom. The molecule has 0 unspecified atom stereocenters. The first-order valence-corrected chi connectivity index (χ1v) is 11.0. The maximum Gasteiger partial charge on any atom is 0.219 e. The van der Waals surface area contributed by atoms with Crippen molar-refractivity contribution in [1.29, 1.82) is 5.26 Å². The Balaban J connectivity index is 2.00. The highest BCUT2D eigenvalue weighted by Crippen LogP contribution is 2.34. The van der Waals surface area contributed by atoms with Gasteiger partial charge in [0, 0.05) is 38.0 Å². The third-order valence-corrected chi connectivity index (χ3v) is 5.55. The number of nitrogens with zero attached hydrogens (tertiary/aromatic N) is 5. The summed E-state index contributed by atoms with van der Waals surface area (Å²) in [5, 5.41) is 14.0. The third kappa shape index (κ3) is 5.45. The highest BCUT2D eigenvalue weighted by atomic mass is 16.5. The summed E-state index contributed by atoms with van der Waals surface area (Å²) in [6.07, 6.45) is 7.87. The molecule has 0 radical (unpaired) electrons. The molecular formula is C25H32N6O. The second-order valence-corrected chi connectivity index (χ2v) is 8.43. The summed E-state index contributed by atoms with van der Waals surface area (Å²) in [4.78, 5) is 6.82. The molecule has 0 saturated heterocycles. The number of rotatable bonds is 7. The molecule has 168 valence electrons. The van der Waals surface area contributed by atoms with Crippen LogP contribution in [-0.2, 0) is 7.05 Å². The Bertz CT molecular complexity index is 1090. The third-order valence-electron chi connectivity index (χ3n) is 5.55. The van der Waals surface area contributed by atoms with Crippen LogP contribution in [0.4, 0.5) is 5.82 Å². The molecule has 0 bridgehead atoms. The molecule has 1 atom stereocenters. The van der Waals surface area contributed by atoms with Crippen molar-refractivity contribution < 1.29 is 4.74 Å². The normalized spacial score (nSPS) is 20.4. The number of aliphatic imine (C=N–C) groups is 1. The molecule has 7 nitrogen and oxygen atoms in total. The van der Waals surface area contributed by atoms with Gasteiger partial charge in [-0.15, -0.1) is 0 Å². The molecule has 1 aliphatic rings. The standard InChI is InChI=1S/C25H32N6O/c1-17(2)30(4)24-14-25(31(5)29-24)32-23-13-19(15-27)7-8-21(23)22-9-6-18(3)12-20(10-11-26)16-28-22/h7-9,12-14,16-18H,6,10-11,26H2,1-5H3/b20-12+,22-9+,28-16-/t18-/m1/s1. The Kier molecular flexibility index (Phi) is 7.49. The Morgan fingerprint density at radius 1 is 1.34 bits per heavy atom. The van der Waals surface area contributed by atoms with Gasteiger partial charge in [0.25, 0.3) is 0 Å². The van der Waals surface area contributed by atoms with Gasteiger partial charge < -0.3 is 15.4 Å². The molecule has 0 aliphatic carbocycles. The summed E-state index contributed by atoms with van der Waals surface area (Å²) in [6.45, 7) is 6.99. The second-order valence-electron chi connectivity index (χ2n) is 8.43. The number of aryl methyl sites for hydroxylation is 1. The lowest BCUT2D eigenvalue weighted by molar-refractivity contribution is 0.429. The SMILES string of the molecule is CC(C)N(C)c1cc(Oc2cc(C#N)ccc2C2=C\C[C@@H](C)/C=C(CCN)/C=N\2)n(C)n1. The number of hydrogen-bond acceptors (Lipinski definition) is 6. The molecule has 32 heavy (non-hydrogen) atoms. The Labute approximate surface area is 190 Å². The van der Waals surface area contributed by atoms with E-state index in [1.807, 2.05) is 32.4 Å². The summed E-state index contributed by atoms with van der Waals surface area (Å²) in [5.41, 5.74) is 9.07. The van der Waals surface area contributed by atoms with Gasteiger partial charge in [0.05, 0.1) is 17.3 Å². The van der Waals surface area contributed by atoms with Crippen molar-refractivity contribution in [3.05, 3.63) is 53.1 Å². The number of hydrogen-bond donors (Lipinski definition) is 1. The van der Waals surface area contributed by atoms with Crippen LogP contribution >= 0.6 is 0 Å². The van der Waals surface area contributed by atoms with Gasteiger partial charge in [-0.05, 0) is 62.9 Å². The monoisotopic (exact) mass is 432 g/mol. The molecule has 1 aromatic carbocycles. The van der Waals surface area contributed by atoms with Crippen molar-refractivity contribution in [2.45, 2.75) is 39.7 Å². The predicted octanol–water partition coefficient (Wildman–Crippen LogP) is 4.66. The van der Waals surface area contributed by atoms with Crippen LogP contribution in [0.25, 0.3) is 5.70 Å². The predicted molar refractivity (Wildman–Crippen MR) is 130 cm³/mol. The minimum atomic E-state index is 0.308. The second kappa shape index (κ2) is 10.3. The van der Waals surface area contributed by atoms with Crippen LogP contribution in [0.5, 0.6) is 11.6 Å². The first kappa shape index (κ1) is 23.3. The number of ether oxygens (including phenoxy) is 1. The van der Waals surface area contributed by atoms with Crippen LogP contribution in [-0.4, -0.2) is 35.6 Å². The maximum atomic E-state index is 9.44. The topological polar surface area (TPSA) is 92.5 Å². The van der Waals surface area contributed by atoms with E-state index in [1.165, 1.54) is 0 Å². The van der Waals surface area contributed by atoms with Crippen molar-refractivity contribution in [3.8, 4) is 17.7 Å². The van der Waals surface area contributed by atoms with Gasteiger partial charge in [0.15, 0.2) is 5.82 Å². The summed E-state index contributed by atoms with van der Waals surface area (Å²) in [7, 11) is 3.85. The van der Waals surface area contributed by atoms with Crippen LogP contribution in [0.15, 0.2) is 47.0 Å². The zero-order chi connectivity index (χ0) is 23.3. The van der Waals surface area contributed by atoms with E-state index in [-0.39, 0.29) is 0 Å². The van der Waals surface area contributed by atoms with Gasteiger partial charge >= 0.3 is 0 Å². The van der Waals surface area contributed by atoms with Crippen molar-refractivity contribution in [2.24, 2.45) is 23.7 Å². The molecule has 1 aromatic heterocycles. The fourth-order valence-corrected chi connectivity index (χ4v) is 3.44. The van der Waals surface area contributed by atoms with E-state index in [9.17, 15) is 5.26 Å². The van der Waals surface area contributed by atoms with E-state index in [0.717, 1.165) is 35.5 Å². The van der Waals surface area contributed by atoms with Gasteiger partial charge in [0.1, 0.15) is 5.75 Å². The number of nitrogens with two attached hydrogens (primary N) is 1. The van der Waals surface area contributed by atoms with Crippen LogP contribution in [0, 0.1) is 17.2 Å². The van der Waals surface area contributed by atoms with E-state index in [4.69, 9.17) is 15.5 Å². The van der Waals surface area contributed by atoms with E-state index in [2.05, 4.69) is 49.0 Å². The molecule has 3 rings (SSSR count). The summed E-state index contributed by atoms with van der Waals surface area (Å²) in [6, 6.07) is 9.85. The molecule has 0 saturated carbocycles. The van der Waals surface area contributed by atoms with E-state index >= 15 is 0 Å². The van der Waals surface area contributed by atoms with Gasteiger partial charge in [-0.3, -0.25) is 4.99 Å². The molecule has 2 aromatic rings. The summed E-state index contributed by atoms with van der Waals surface area (Å²) >= 11 is 0. The van der Waals surface area contributed by atoms with Crippen molar-refractivity contribution >= 4 is 17.7 Å². The number of allylic oxidation sites excluding steroid dienone is 2. The van der Waals surface area contributed by atoms with Crippen LogP contribution in [0.1, 0.15) is 44.7 Å². The number of aromatic nitrogens is 2. The maximum absolute atomic E-state index is 9.44. The molecule has 2 heterocycles. The van der Waals surface area contributed by atoms with E-state index in [1.54, 1.807) is 16.8 Å². The fraction of sp³-hybridized carbons (Fsp3) is 0.400. The fourth-order valence-electron chi connectivity index (χ4n) is 3.44. The number of benzene rings is 1. The molecule has 2 N–H and O–H groups in total. The van der Waals surface area contributed by atoms with Gasteiger partial charge in [-0.2, -0.15) is 10.4 Å². The zero-order valence-corrected chi connectivity index (χ0v) is 19.5. The summed E-state index contributed by atoms with van der Waals surface area (Å²) < 4.78 is 8.00. The van der Waals surface area contributed by atoms with Crippen LogP contribution < -0.4 is 15.4 Å². The smallest absolute Gasteiger partial charge is 0.219 e. The van der Waals surface area contributed by atoms with Crippen LogP contribution in [0.3, 0.4) is 0 Å². The Morgan fingerprint density at radius 3 is 2.81 bits per heavy atom. The summed E-state index contributed by atoms with van der Waals surface area (Å²) in [5.74, 6) is 2.37. The minimum absolute atomic E-state index is 0.308. The number of anilines is 1. The minimum Gasteiger partial charge on any atom is -0.438 e. The van der Waals surface area contributed by atoms with Crippen LogP contribution in [0.2, 0.25) is 0 Å². The number of nitriles is 1. The lowest BCUT2D eigenvalue weighted by Crippen LogP contribution is -2.26. The van der Waals surface area contributed by atoms with E-state index < -0.39 is 0 Å². The van der Waals surface area contributed by atoms with Gasteiger partial charge in [-0.1, -0.05) is 19.1 Å². The molecular weight excluding hydrogens is 400 g/mol. The van der Waals surface area contributed by atoms with Gasteiger partial charge in [0.2, 0.25) is 5.88 Å². The molecule has 7 heteroatoms. The van der Waals surface area contributed by atoms with Gasteiger partial charge in [-0.25, -0.2) is 4.68 Å². The quantitative estimate of drug-likeness (QED) is 0.687. The average Bonchev–Trinajstić information content (AvgIpc) is 3.12. The molecule has 1 aliphatic heterocycles. The highest BCUT2D eigenvalue weighted by Gasteiger charge is 2.17. The first-order valence-electron chi connectivity index (χ1n) is 11.0. The molecule has 0 spiro atoms. The van der Waals surface area contributed by atoms with Crippen molar-refractivity contribution in [1.82, 2.24) is 9.78 Å². The van der Waals surface area contributed by atoms with Crippen molar-refractivity contribution in [2.75, 3.05) is 18.5 Å². The highest BCUT2D eigenvalue weighted by molar-refractivity contribution is 5.86. The zero-order valence-electron chi connectivity index (χ0n) is 19.5. The molecule has 0 fully saturated rings. The lowest BCUT2D eigenvalue weighted by atomic mass is 9.99. The first-order chi connectivity index (χ1) is 15.3. The average molecular weight is 433 g/mol. The largest absolute Gasteiger partial charge is 0.438 e. The molecule has 0 amide bonds. The Hall–Kier alpha value is -3.37. The van der Waals surface area contributed by atoms with E-state index in [0.29, 0.717) is 35.7 Å². The van der Waals surface area contributed by atoms with Crippen molar-refractivity contribution in [3.63, 3.8) is 0 Å². The lowest BCUT2D eigenvalue weighted by Gasteiger charge is -2.20.